The van der Waals surface area contributed by atoms with Crippen molar-refractivity contribution in [1.82, 2.24) is 19.1 Å². The molecule has 0 bridgehead atoms. The summed E-state index contributed by atoms with van der Waals surface area (Å²) in [6.07, 6.45) is 1.44. The summed E-state index contributed by atoms with van der Waals surface area (Å²) in [5.41, 5.74) is 2.32. The fraction of sp³-hybridized carbons (Fsp3) is 0.286. The Hall–Kier alpha value is -2.75. The zero-order valence-corrected chi connectivity index (χ0v) is 19.3. The number of rotatable bonds is 7. The maximum atomic E-state index is 12.8. The van der Waals surface area contributed by atoms with E-state index < -0.39 is 15.9 Å². The number of halogens is 1. The number of anilines is 1. The minimum absolute atomic E-state index is 0.0638. The molecule has 8 nitrogen and oxygen atoms in total. The summed E-state index contributed by atoms with van der Waals surface area (Å²) in [4.78, 5) is 17.1. The third-order valence-electron chi connectivity index (χ3n) is 4.77. The van der Waals surface area contributed by atoms with Crippen LogP contribution in [0, 0.1) is 13.8 Å². The molecule has 0 fully saturated rings. The van der Waals surface area contributed by atoms with Crippen molar-refractivity contribution >= 4 is 33.2 Å². The van der Waals surface area contributed by atoms with Gasteiger partial charge in [0.1, 0.15) is 0 Å². The Morgan fingerprint density at radius 2 is 1.84 bits per heavy atom. The number of hydrogen-bond donors (Lipinski definition) is 1. The highest BCUT2D eigenvalue weighted by Gasteiger charge is 2.23. The molecule has 0 aliphatic carbocycles. The topological polar surface area (TPSA) is 97.2 Å². The van der Waals surface area contributed by atoms with Gasteiger partial charge in [-0.05, 0) is 50.2 Å². The van der Waals surface area contributed by atoms with Crippen LogP contribution in [0.1, 0.15) is 35.6 Å². The third-order valence-corrected chi connectivity index (χ3v) is 7.14. The molecule has 10 heteroatoms. The predicted molar refractivity (Wildman–Crippen MR) is 120 cm³/mol. The molecule has 1 aromatic carbocycles. The molecule has 1 N–H and O–H groups in total. The molecule has 3 rings (SSSR count). The molecule has 0 radical (unpaired) electrons. The van der Waals surface area contributed by atoms with Gasteiger partial charge in [0.2, 0.25) is 10.0 Å². The average molecular weight is 462 g/mol. The number of sulfonamides is 1. The number of benzene rings is 1. The van der Waals surface area contributed by atoms with Crippen LogP contribution in [-0.2, 0) is 10.0 Å². The first kappa shape index (κ1) is 22.9. The molecule has 164 valence electrons. The average Bonchev–Trinajstić information content (AvgIpc) is 3.08. The van der Waals surface area contributed by atoms with Crippen LogP contribution < -0.4 is 5.32 Å². The smallest absolute Gasteiger partial charge is 0.257 e. The van der Waals surface area contributed by atoms with Gasteiger partial charge in [-0.3, -0.25) is 4.79 Å². The molecule has 0 unspecified atom stereocenters. The van der Waals surface area contributed by atoms with Crippen LogP contribution in [0.3, 0.4) is 0 Å². The molecule has 2 heterocycles. The van der Waals surface area contributed by atoms with Crippen molar-refractivity contribution < 1.29 is 13.2 Å². The fourth-order valence-corrected chi connectivity index (χ4v) is 4.82. The summed E-state index contributed by atoms with van der Waals surface area (Å²) in [5.74, 6) is 0.138. The van der Waals surface area contributed by atoms with Crippen molar-refractivity contribution in [3.8, 4) is 5.82 Å². The maximum Gasteiger partial charge on any atom is 0.257 e. The van der Waals surface area contributed by atoms with E-state index in [-0.39, 0.29) is 15.6 Å². The predicted octanol–water partition coefficient (Wildman–Crippen LogP) is 3.82. The number of aromatic nitrogens is 3. The molecular formula is C21H24ClN5O3S. The highest BCUT2D eigenvalue weighted by Crippen LogP contribution is 2.27. The zero-order valence-electron chi connectivity index (χ0n) is 17.8. The van der Waals surface area contributed by atoms with Crippen molar-refractivity contribution in [2.45, 2.75) is 32.6 Å². The van der Waals surface area contributed by atoms with Gasteiger partial charge in [-0.2, -0.15) is 9.40 Å². The molecule has 0 atom stereocenters. The first-order valence-electron chi connectivity index (χ1n) is 9.78. The molecular weight excluding hydrogens is 438 g/mol. The Bertz CT molecular complexity index is 1200. The molecule has 3 aromatic rings. The molecule has 31 heavy (non-hydrogen) atoms. The summed E-state index contributed by atoms with van der Waals surface area (Å²) in [6, 6.07) is 9.50. The summed E-state index contributed by atoms with van der Waals surface area (Å²) >= 11 is 6.20. The van der Waals surface area contributed by atoms with E-state index in [0.29, 0.717) is 24.5 Å². The van der Waals surface area contributed by atoms with Crippen molar-refractivity contribution in [2.24, 2.45) is 0 Å². The van der Waals surface area contributed by atoms with E-state index >= 15 is 0 Å². The third kappa shape index (κ3) is 4.79. The Morgan fingerprint density at radius 1 is 1.13 bits per heavy atom. The number of nitrogens with zero attached hydrogens (tertiary/aromatic N) is 4. The van der Waals surface area contributed by atoms with E-state index in [9.17, 15) is 13.2 Å². The lowest BCUT2D eigenvalue weighted by Crippen LogP contribution is -2.30. The summed E-state index contributed by atoms with van der Waals surface area (Å²) in [6.45, 7) is 8.03. The van der Waals surface area contributed by atoms with E-state index in [2.05, 4.69) is 15.4 Å². The largest absolute Gasteiger partial charge is 0.321 e. The first-order valence-corrected chi connectivity index (χ1v) is 11.6. The van der Waals surface area contributed by atoms with Gasteiger partial charge in [0.25, 0.3) is 5.91 Å². The molecule has 0 saturated heterocycles. The number of pyridine rings is 1. The number of amides is 1. The first-order chi connectivity index (χ1) is 14.7. The molecule has 0 spiro atoms. The van der Waals surface area contributed by atoms with Crippen LogP contribution in [0.15, 0.2) is 47.5 Å². The number of carbonyl (C=O) groups excluding carboxylic acids is 1. The van der Waals surface area contributed by atoms with Gasteiger partial charge in [0, 0.05) is 25.0 Å². The monoisotopic (exact) mass is 461 g/mol. The summed E-state index contributed by atoms with van der Waals surface area (Å²) < 4.78 is 28.6. The minimum Gasteiger partial charge on any atom is -0.321 e. The normalized spacial score (nSPS) is 11.7. The Balaban J connectivity index is 1.84. The standard InChI is InChI=1S/C21H24ClN5O3S/c1-5-26(6-2)31(29,30)17-8-9-18(22)19(12-17)24-21(28)16-7-10-20(23-13-16)27-15(4)11-14(3)25-27/h7-13H,5-6H2,1-4H3,(H,24,28). The zero-order chi connectivity index (χ0) is 22.8. The Labute approximate surface area is 186 Å². The number of hydrogen-bond acceptors (Lipinski definition) is 5. The highest BCUT2D eigenvalue weighted by molar-refractivity contribution is 7.89. The van der Waals surface area contributed by atoms with E-state index in [4.69, 9.17) is 11.6 Å². The Morgan fingerprint density at radius 3 is 2.39 bits per heavy atom. The van der Waals surface area contributed by atoms with Crippen molar-refractivity contribution in [1.29, 1.82) is 0 Å². The summed E-state index contributed by atoms with van der Waals surface area (Å²) in [5, 5.41) is 7.28. The second kappa shape index (κ2) is 9.17. The van der Waals surface area contributed by atoms with Crippen LogP contribution in [0.25, 0.3) is 5.82 Å². The van der Waals surface area contributed by atoms with E-state index in [1.165, 1.54) is 28.7 Å². The van der Waals surface area contributed by atoms with E-state index in [0.717, 1.165) is 11.4 Å². The van der Waals surface area contributed by atoms with Gasteiger partial charge >= 0.3 is 0 Å². The molecule has 2 aromatic heterocycles. The van der Waals surface area contributed by atoms with Gasteiger partial charge in [0.15, 0.2) is 5.82 Å². The molecule has 0 aliphatic heterocycles. The maximum absolute atomic E-state index is 12.8. The van der Waals surface area contributed by atoms with Gasteiger partial charge in [-0.1, -0.05) is 25.4 Å². The van der Waals surface area contributed by atoms with E-state index in [1.807, 2.05) is 19.9 Å². The lowest BCUT2D eigenvalue weighted by molar-refractivity contribution is 0.102. The minimum atomic E-state index is -3.68. The SMILES string of the molecule is CCN(CC)S(=O)(=O)c1ccc(Cl)c(NC(=O)c2ccc(-n3nc(C)cc3C)nc2)c1. The quantitative estimate of drug-likeness (QED) is 0.576. The second-order valence-corrected chi connectivity index (χ2v) is 9.27. The Kier molecular flexibility index (Phi) is 6.78. The number of aryl methyl sites for hydroxylation is 2. The van der Waals surface area contributed by atoms with Gasteiger partial charge in [-0.15, -0.1) is 0 Å². The van der Waals surface area contributed by atoms with Crippen LogP contribution in [-0.4, -0.2) is 46.5 Å². The van der Waals surface area contributed by atoms with Crippen LogP contribution in [0.5, 0.6) is 0 Å². The van der Waals surface area contributed by atoms with Gasteiger partial charge in [0.05, 0.1) is 26.9 Å². The molecule has 0 saturated carbocycles. The molecule has 0 aliphatic rings. The van der Waals surface area contributed by atoms with E-state index in [1.54, 1.807) is 30.7 Å². The van der Waals surface area contributed by atoms with Gasteiger partial charge in [-0.25, -0.2) is 18.1 Å². The number of carbonyl (C=O) groups is 1. The van der Waals surface area contributed by atoms with Crippen molar-refractivity contribution in [2.75, 3.05) is 18.4 Å². The summed E-state index contributed by atoms with van der Waals surface area (Å²) in [7, 11) is -3.68. The van der Waals surface area contributed by atoms with Crippen LogP contribution in [0.2, 0.25) is 5.02 Å². The van der Waals surface area contributed by atoms with Crippen molar-refractivity contribution in [3.05, 3.63) is 64.6 Å². The molecule has 1 amide bonds. The highest BCUT2D eigenvalue weighted by atomic mass is 35.5. The lowest BCUT2D eigenvalue weighted by Gasteiger charge is -2.19. The van der Waals surface area contributed by atoms with Crippen molar-refractivity contribution in [3.63, 3.8) is 0 Å². The number of nitrogens with one attached hydrogen (secondary N) is 1. The van der Waals surface area contributed by atoms with Crippen LogP contribution in [0.4, 0.5) is 5.69 Å². The fourth-order valence-electron chi connectivity index (χ4n) is 3.17. The lowest BCUT2D eigenvalue weighted by atomic mass is 10.2. The second-order valence-electron chi connectivity index (χ2n) is 6.93. The van der Waals surface area contributed by atoms with Gasteiger partial charge < -0.3 is 5.32 Å². The van der Waals surface area contributed by atoms with Crippen LogP contribution >= 0.6 is 11.6 Å².